The minimum absolute atomic E-state index is 0.698. The van der Waals surface area contributed by atoms with E-state index >= 15 is 0 Å². The Hall–Kier alpha value is -1.03. The average Bonchev–Trinajstić information content (AvgIpc) is 2.17. The van der Waals surface area contributed by atoms with Gasteiger partial charge in [-0.2, -0.15) is 0 Å². The Kier molecular flexibility index (Phi) is 4.62. The number of nitrogens with one attached hydrogen (secondary N) is 1. The van der Waals surface area contributed by atoms with Crippen LogP contribution in [0.1, 0.15) is 12.0 Å². The third-order valence-electron chi connectivity index (χ3n) is 2.19. The number of aryl methyl sites for hydroxylation is 1. The lowest BCUT2D eigenvalue weighted by Crippen LogP contribution is -2.07. The lowest BCUT2D eigenvalue weighted by atomic mass is 10.2. The summed E-state index contributed by atoms with van der Waals surface area (Å²) in [5, 5.41) is 3.29. The monoisotopic (exact) mass is 226 g/mol. The summed E-state index contributed by atoms with van der Waals surface area (Å²) >= 11 is 0. The molecule has 1 aromatic rings. The van der Waals surface area contributed by atoms with E-state index in [1.165, 1.54) is 5.56 Å². The first-order valence-electron chi connectivity index (χ1n) is 4.99. The third-order valence-corrected chi connectivity index (χ3v) is 3.05. The molecule has 0 spiro atoms. The molecule has 0 saturated heterocycles. The average molecular weight is 226 g/mol. The molecule has 1 atom stereocenters. The molecule has 4 heteroatoms. The second-order valence-electron chi connectivity index (χ2n) is 3.63. The summed E-state index contributed by atoms with van der Waals surface area (Å²) in [5.41, 5.74) is 8.71. The van der Waals surface area contributed by atoms with Crippen molar-refractivity contribution in [2.45, 2.75) is 13.3 Å². The van der Waals surface area contributed by atoms with E-state index in [0.29, 0.717) is 0 Å². The van der Waals surface area contributed by atoms with E-state index in [9.17, 15) is 4.21 Å². The Morgan fingerprint density at radius 2 is 2.20 bits per heavy atom. The van der Waals surface area contributed by atoms with Gasteiger partial charge in [-0.05, 0) is 31.0 Å². The minimum atomic E-state index is -0.698. The molecule has 1 aromatic carbocycles. The topological polar surface area (TPSA) is 55.1 Å². The molecule has 0 amide bonds. The fraction of sp³-hybridized carbons (Fsp3) is 0.455. The number of benzene rings is 1. The molecule has 0 heterocycles. The second-order valence-corrected chi connectivity index (χ2v) is 5.19. The summed E-state index contributed by atoms with van der Waals surface area (Å²) in [6.45, 7) is 2.88. The van der Waals surface area contributed by atoms with Crippen LogP contribution in [0, 0.1) is 6.92 Å². The van der Waals surface area contributed by atoms with Gasteiger partial charge in [0.05, 0.1) is 0 Å². The number of anilines is 2. The van der Waals surface area contributed by atoms with Gasteiger partial charge in [0.2, 0.25) is 0 Å². The Labute approximate surface area is 93.5 Å². The van der Waals surface area contributed by atoms with Crippen molar-refractivity contribution in [3.63, 3.8) is 0 Å². The molecule has 0 aliphatic heterocycles. The highest BCUT2D eigenvalue weighted by molar-refractivity contribution is 7.84. The molecular weight excluding hydrogens is 208 g/mol. The van der Waals surface area contributed by atoms with Crippen LogP contribution in [-0.2, 0) is 10.8 Å². The van der Waals surface area contributed by atoms with Crippen LogP contribution in [0.3, 0.4) is 0 Å². The molecule has 0 aromatic heterocycles. The number of hydrogen-bond donors (Lipinski definition) is 2. The molecule has 0 aliphatic rings. The zero-order chi connectivity index (χ0) is 11.3. The van der Waals surface area contributed by atoms with Gasteiger partial charge in [-0.15, -0.1) is 0 Å². The van der Waals surface area contributed by atoms with Crippen LogP contribution in [0.4, 0.5) is 11.4 Å². The standard InChI is InChI=1S/C11H18N2OS/c1-9-4-5-10(12)8-11(9)13-6-3-7-15(2)14/h4-5,8,13H,3,6-7,12H2,1-2H3. The fourth-order valence-corrected chi connectivity index (χ4v) is 1.88. The predicted octanol–water partition coefficient (Wildman–Crippen LogP) is 1.76. The number of nitrogens with two attached hydrogens (primary N) is 1. The summed E-state index contributed by atoms with van der Waals surface area (Å²) in [6.07, 6.45) is 2.64. The molecule has 0 radical (unpaired) electrons. The lowest BCUT2D eigenvalue weighted by Gasteiger charge is -2.09. The Balaban J connectivity index is 2.43. The van der Waals surface area contributed by atoms with Crippen molar-refractivity contribution in [1.29, 1.82) is 0 Å². The maximum absolute atomic E-state index is 10.8. The molecule has 84 valence electrons. The fourth-order valence-electron chi connectivity index (χ4n) is 1.33. The molecule has 0 saturated carbocycles. The number of hydrogen-bond acceptors (Lipinski definition) is 3. The third kappa shape index (κ3) is 4.34. The molecule has 0 bridgehead atoms. The normalized spacial score (nSPS) is 12.4. The summed E-state index contributed by atoms with van der Waals surface area (Å²) in [5.74, 6) is 0.744. The largest absolute Gasteiger partial charge is 0.399 e. The van der Waals surface area contributed by atoms with Crippen LogP contribution in [0.5, 0.6) is 0 Å². The van der Waals surface area contributed by atoms with Crippen LogP contribution in [0.15, 0.2) is 18.2 Å². The van der Waals surface area contributed by atoms with Gasteiger partial charge >= 0.3 is 0 Å². The first kappa shape index (κ1) is 12.0. The van der Waals surface area contributed by atoms with Gasteiger partial charge in [0.15, 0.2) is 0 Å². The van der Waals surface area contributed by atoms with Gasteiger partial charge in [-0.25, -0.2) is 0 Å². The van der Waals surface area contributed by atoms with Crippen molar-refractivity contribution in [3.05, 3.63) is 23.8 Å². The lowest BCUT2D eigenvalue weighted by molar-refractivity contribution is 0.685. The second kappa shape index (κ2) is 5.75. The van der Waals surface area contributed by atoms with E-state index in [1.54, 1.807) is 6.26 Å². The van der Waals surface area contributed by atoms with E-state index in [2.05, 4.69) is 5.32 Å². The van der Waals surface area contributed by atoms with Gasteiger partial charge in [-0.1, -0.05) is 6.07 Å². The van der Waals surface area contributed by atoms with Gasteiger partial charge in [0, 0.05) is 40.7 Å². The Morgan fingerprint density at radius 3 is 2.87 bits per heavy atom. The molecule has 1 unspecified atom stereocenters. The maximum atomic E-state index is 10.8. The SMILES string of the molecule is Cc1ccc(N)cc1NCCCS(C)=O. The highest BCUT2D eigenvalue weighted by Gasteiger charge is 1.98. The zero-order valence-corrected chi connectivity index (χ0v) is 10.1. The zero-order valence-electron chi connectivity index (χ0n) is 9.25. The highest BCUT2D eigenvalue weighted by Crippen LogP contribution is 2.17. The first-order valence-corrected chi connectivity index (χ1v) is 6.72. The van der Waals surface area contributed by atoms with Gasteiger partial charge < -0.3 is 11.1 Å². The molecule has 1 rings (SSSR count). The van der Waals surface area contributed by atoms with Gasteiger partial charge in [-0.3, -0.25) is 4.21 Å². The minimum Gasteiger partial charge on any atom is -0.399 e. The molecular formula is C11H18N2OS. The number of nitrogen functional groups attached to an aromatic ring is 1. The summed E-state index contributed by atoms with van der Waals surface area (Å²) in [6, 6.07) is 5.81. The van der Waals surface area contributed by atoms with Crippen molar-refractivity contribution in [1.82, 2.24) is 0 Å². The van der Waals surface area contributed by atoms with E-state index in [0.717, 1.165) is 30.1 Å². The molecule has 3 N–H and O–H groups in total. The van der Waals surface area contributed by atoms with Crippen molar-refractivity contribution in [2.75, 3.05) is 29.6 Å². The molecule has 0 aliphatic carbocycles. The quantitative estimate of drug-likeness (QED) is 0.594. The predicted molar refractivity (Wildman–Crippen MR) is 67.6 cm³/mol. The van der Waals surface area contributed by atoms with E-state index in [1.807, 2.05) is 25.1 Å². The maximum Gasteiger partial charge on any atom is 0.0390 e. The van der Waals surface area contributed by atoms with Crippen LogP contribution < -0.4 is 11.1 Å². The van der Waals surface area contributed by atoms with Crippen molar-refractivity contribution >= 4 is 22.2 Å². The molecule has 0 fully saturated rings. The summed E-state index contributed by atoms with van der Waals surface area (Å²) in [4.78, 5) is 0. The van der Waals surface area contributed by atoms with Crippen LogP contribution in [0.2, 0.25) is 0 Å². The Bertz CT molecular complexity index is 352. The van der Waals surface area contributed by atoms with Crippen molar-refractivity contribution in [3.8, 4) is 0 Å². The Morgan fingerprint density at radius 1 is 1.47 bits per heavy atom. The molecule has 3 nitrogen and oxygen atoms in total. The van der Waals surface area contributed by atoms with Crippen LogP contribution in [0.25, 0.3) is 0 Å². The first-order chi connectivity index (χ1) is 7.09. The van der Waals surface area contributed by atoms with Crippen molar-refractivity contribution in [2.24, 2.45) is 0 Å². The van der Waals surface area contributed by atoms with E-state index in [-0.39, 0.29) is 0 Å². The smallest absolute Gasteiger partial charge is 0.0390 e. The summed E-state index contributed by atoms with van der Waals surface area (Å²) < 4.78 is 10.8. The van der Waals surface area contributed by atoms with Crippen LogP contribution in [-0.4, -0.2) is 22.8 Å². The van der Waals surface area contributed by atoms with Crippen LogP contribution >= 0.6 is 0 Å². The number of rotatable bonds is 5. The van der Waals surface area contributed by atoms with Gasteiger partial charge in [0.25, 0.3) is 0 Å². The highest BCUT2D eigenvalue weighted by atomic mass is 32.2. The van der Waals surface area contributed by atoms with Crippen molar-refractivity contribution < 1.29 is 4.21 Å². The molecule has 15 heavy (non-hydrogen) atoms. The van der Waals surface area contributed by atoms with E-state index in [4.69, 9.17) is 5.73 Å². The van der Waals surface area contributed by atoms with Gasteiger partial charge in [0.1, 0.15) is 0 Å². The van der Waals surface area contributed by atoms with E-state index < -0.39 is 10.8 Å². The summed E-state index contributed by atoms with van der Waals surface area (Å²) in [7, 11) is -0.698.